The molecular weight excluding hydrogens is 537 g/mol. The minimum Gasteiger partial charge on any atom is -0.492 e. The fourth-order valence-electron chi connectivity index (χ4n) is 4.67. The maximum atomic E-state index is 13.3. The predicted octanol–water partition coefficient (Wildman–Crippen LogP) is 6.12. The van der Waals surface area contributed by atoms with Gasteiger partial charge in [0, 0.05) is 19.0 Å². The number of hydrogen-bond donors (Lipinski definition) is 1. The molecule has 11 heteroatoms. The summed E-state index contributed by atoms with van der Waals surface area (Å²) in [4.78, 5) is 27.5. The molecule has 1 N–H and O–H groups in total. The molecule has 0 unspecified atom stereocenters. The Balaban J connectivity index is 1.46. The topological polar surface area (TPSA) is 85.7 Å². The van der Waals surface area contributed by atoms with Crippen molar-refractivity contribution in [1.29, 1.82) is 0 Å². The van der Waals surface area contributed by atoms with Gasteiger partial charge in [-0.1, -0.05) is 23.8 Å². The molecule has 2 aromatic carbocycles. The van der Waals surface area contributed by atoms with Crippen LogP contribution in [0, 0.1) is 6.92 Å². The number of ether oxygens (including phenoxy) is 2. The molecule has 0 atom stereocenters. The Hall–Kier alpha value is -4.02. The molecule has 1 saturated heterocycles. The lowest BCUT2D eigenvalue weighted by Crippen LogP contribution is -2.41. The predicted molar refractivity (Wildman–Crippen MR) is 147 cm³/mol. The van der Waals surface area contributed by atoms with Crippen molar-refractivity contribution in [3.05, 3.63) is 77.1 Å². The Kier molecular flexibility index (Phi) is 8.94. The zero-order valence-corrected chi connectivity index (χ0v) is 23.6. The Labute approximate surface area is 237 Å². The number of aromatic nitrogens is 2. The van der Waals surface area contributed by atoms with Crippen molar-refractivity contribution in [1.82, 2.24) is 20.0 Å². The summed E-state index contributed by atoms with van der Waals surface area (Å²) in [6.07, 6.45) is -2.06. The third-order valence-electron chi connectivity index (χ3n) is 6.68. The van der Waals surface area contributed by atoms with Gasteiger partial charge in [-0.2, -0.15) is 18.3 Å². The molecule has 0 saturated carbocycles. The van der Waals surface area contributed by atoms with E-state index in [-0.39, 0.29) is 36.8 Å². The second-order valence-electron chi connectivity index (χ2n) is 11.1. The molecule has 0 spiro atoms. The highest BCUT2D eigenvalue weighted by Crippen LogP contribution is 2.33. The zero-order valence-electron chi connectivity index (χ0n) is 23.6. The molecule has 2 heterocycles. The van der Waals surface area contributed by atoms with Crippen LogP contribution in [-0.4, -0.2) is 58.5 Å². The third kappa shape index (κ3) is 7.80. The monoisotopic (exact) mass is 572 g/mol. The maximum Gasteiger partial charge on any atom is 0.416 e. The first-order valence-electron chi connectivity index (χ1n) is 13.5. The van der Waals surface area contributed by atoms with Gasteiger partial charge in [-0.3, -0.25) is 4.79 Å². The average molecular weight is 573 g/mol. The average Bonchev–Trinajstić information content (AvgIpc) is 3.35. The van der Waals surface area contributed by atoms with Gasteiger partial charge in [-0.05, 0) is 70.9 Å². The quantitative estimate of drug-likeness (QED) is 0.345. The van der Waals surface area contributed by atoms with E-state index >= 15 is 0 Å². The van der Waals surface area contributed by atoms with Gasteiger partial charge < -0.3 is 19.7 Å². The lowest BCUT2D eigenvalue weighted by atomic mass is 9.91. The van der Waals surface area contributed by atoms with E-state index < -0.39 is 17.3 Å². The van der Waals surface area contributed by atoms with Crippen molar-refractivity contribution in [3.63, 3.8) is 0 Å². The van der Waals surface area contributed by atoms with Crippen LogP contribution >= 0.6 is 0 Å². The van der Waals surface area contributed by atoms with E-state index in [0.717, 1.165) is 29.1 Å². The molecule has 8 nitrogen and oxygen atoms in total. The van der Waals surface area contributed by atoms with Gasteiger partial charge in [-0.25, -0.2) is 9.48 Å². The molecule has 1 fully saturated rings. The van der Waals surface area contributed by atoms with E-state index in [2.05, 4.69) is 10.4 Å². The number of carbonyl (C=O) groups excluding carboxylic acids is 2. The minimum absolute atomic E-state index is 0.0112. The number of aryl methyl sites for hydroxylation is 1. The molecule has 1 aliphatic heterocycles. The Morgan fingerprint density at radius 2 is 1.73 bits per heavy atom. The van der Waals surface area contributed by atoms with Gasteiger partial charge in [0.2, 0.25) is 0 Å². The standard InChI is InChI=1S/C30H35F3N4O4/c1-20-8-10-23(11-9-20)37-26(21-12-15-36(16-13-21)28(39)41-29(2,3)4)25(19-35-37)27(38)34-14-17-40-24-7-5-6-22(18-24)30(31,32)33/h5-11,18-19,21H,12-17H2,1-4H3,(H,34,38). The van der Waals surface area contributed by atoms with Crippen LogP contribution < -0.4 is 10.1 Å². The number of carbonyl (C=O) groups is 2. The number of hydrogen-bond acceptors (Lipinski definition) is 5. The summed E-state index contributed by atoms with van der Waals surface area (Å²) >= 11 is 0. The van der Waals surface area contributed by atoms with E-state index in [4.69, 9.17) is 9.47 Å². The van der Waals surface area contributed by atoms with Gasteiger partial charge in [0.25, 0.3) is 5.91 Å². The van der Waals surface area contributed by atoms with Crippen molar-refractivity contribution in [2.24, 2.45) is 0 Å². The van der Waals surface area contributed by atoms with Crippen LogP contribution in [0.5, 0.6) is 5.75 Å². The lowest BCUT2D eigenvalue weighted by molar-refractivity contribution is -0.137. The number of benzene rings is 2. The minimum atomic E-state index is -4.47. The number of nitrogens with zero attached hydrogens (tertiary/aromatic N) is 3. The molecule has 2 amide bonds. The van der Waals surface area contributed by atoms with Crippen LogP contribution in [0.15, 0.2) is 54.7 Å². The van der Waals surface area contributed by atoms with Crippen LogP contribution in [0.4, 0.5) is 18.0 Å². The van der Waals surface area contributed by atoms with Crippen LogP contribution in [-0.2, 0) is 10.9 Å². The highest BCUT2D eigenvalue weighted by Gasteiger charge is 2.32. The molecule has 4 rings (SSSR count). The molecule has 41 heavy (non-hydrogen) atoms. The lowest BCUT2D eigenvalue weighted by Gasteiger charge is -2.34. The van der Waals surface area contributed by atoms with Crippen LogP contribution in [0.3, 0.4) is 0 Å². The fourth-order valence-corrected chi connectivity index (χ4v) is 4.67. The summed E-state index contributed by atoms with van der Waals surface area (Å²) in [5.74, 6) is -0.334. The number of likely N-dealkylation sites (tertiary alicyclic amines) is 1. The Bertz CT molecular complexity index is 1360. The fraction of sp³-hybridized carbons (Fsp3) is 0.433. The summed E-state index contributed by atoms with van der Waals surface area (Å²) in [5.41, 5.74) is 1.66. The normalized spacial score (nSPS) is 14.6. The van der Waals surface area contributed by atoms with Crippen molar-refractivity contribution < 1.29 is 32.2 Å². The van der Waals surface area contributed by atoms with E-state index in [0.29, 0.717) is 31.5 Å². The molecule has 0 radical (unpaired) electrons. The molecule has 1 aromatic heterocycles. The smallest absolute Gasteiger partial charge is 0.416 e. The summed E-state index contributed by atoms with van der Waals surface area (Å²) in [6.45, 7) is 8.49. The first kappa shape index (κ1) is 30.0. The first-order chi connectivity index (χ1) is 19.3. The highest BCUT2D eigenvalue weighted by atomic mass is 19.4. The molecule has 0 aliphatic carbocycles. The Morgan fingerprint density at radius 1 is 1.05 bits per heavy atom. The molecule has 1 aliphatic rings. The van der Waals surface area contributed by atoms with Crippen molar-refractivity contribution in [2.45, 2.75) is 58.2 Å². The summed E-state index contributed by atoms with van der Waals surface area (Å²) in [5, 5.41) is 7.33. The van der Waals surface area contributed by atoms with Crippen molar-refractivity contribution >= 4 is 12.0 Å². The molecular formula is C30H35F3N4O4. The number of piperidine rings is 1. The second kappa shape index (κ2) is 12.2. The maximum absolute atomic E-state index is 13.3. The number of halogens is 3. The number of nitrogens with one attached hydrogen (secondary N) is 1. The third-order valence-corrected chi connectivity index (χ3v) is 6.68. The molecule has 220 valence electrons. The van der Waals surface area contributed by atoms with Crippen LogP contribution in [0.2, 0.25) is 0 Å². The number of rotatable bonds is 7. The number of amides is 2. The zero-order chi connectivity index (χ0) is 29.8. The molecule has 0 bridgehead atoms. The molecule has 3 aromatic rings. The van der Waals surface area contributed by atoms with E-state index in [1.54, 1.807) is 9.58 Å². The van der Waals surface area contributed by atoms with Crippen LogP contribution in [0.25, 0.3) is 5.69 Å². The van der Waals surface area contributed by atoms with Gasteiger partial charge in [0.05, 0.1) is 35.2 Å². The SMILES string of the molecule is Cc1ccc(-n2ncc(C(=O)NCCOc3cccc(C(F)(F)F)c3)c2C2CCN(C(=O)OC(C)(C)C)CC2)cc1. The first-order valence-corrected chi connectivity index (χ1v) is 13.5. The van der Waals surface area contributed by atoms with Gasteiger partial charge in [0.1, 0.15) is 18.0 Å². The largest absolute Gasteiger partial charge is 0.492 e. The van der Waals surface area contributed by atoms with Crippen molar-refractivity contribution in [2.75, 3.05) is 26.2 Å². The number of alkyl halides is 3. The van der Waals surface area contributed by atoms with E-state index in [9.17, 15) is 22.8 Å². The Morgan fingerprint density at radius 3 is 2.37 bits per heavy atom. The van der Waals surface area contributed by atoms with Crippen LogP contribution in [0.1, 0.15) is 66.7 Å². The summed E-state index contributed by atoms with van der Waals surface area (Å²) < 4.78 is 51.6. The van der Waals surface area contributed by atoms with Gasteiger partial charge >= 0.3 is 12.3 Å². The summed E-state index contributed by atoms with van der Waals surface area (Å²) in [7, 11) is 0. The van der Waals surface area contributed by atoms with Gasteiger partial charge in [-0.15, -0.1) is 0 Å². The highest BCUT2D eigenvalue weighted by molar-refractivity contribution is 5.95. The summed E-state index contributed by atoms with van der Waals surface area (Å²) in [6, 6.07) is 12.4. The second-order valence-corrected chi connectivity index (χ2v) is 11.1. The van der Waals surface area contributed by atoms with E-state index in [1.165, 1.54) is 18.3 Å². The van der Waals surface area contributed by atoms with Crippen molar-refractivity contribution in [3.8, 4) is 11.4 Å². The van der Waals surface area contributed by atoms with Gasteiger partial charge in [0.15, 0.2) is 0 Å². The van der Waals surface area contributed by atoms with E-state index in [1.807, 2.05) is 52.0 Å².